The zero-order valence-electron chi connectivity index (χ0n) is 23.7. The first-order valence-corrected chi connectivity index (χ1v) is 14.2. The van der Waals surface area contributed by atoms with Gasteiger partial charge in [-0.05, 0) is 71.1 Å². The number of hydrogen-bond acceptors (Lipinski definition) is 8. The molecule has 212 valence electrons. The number of methoxy groups -OCH3 is 1. The smallest absolute Gasteiger partial charge is 0.163 e. The number of carbonyl (C=O) groups is 1. The molecule has 2 fully saturated rings. The molecule has 3 N–H and O–H groups in total. The third-order valence-electron chi connectivity index (χ3n) is 8.03. The lowest BCUT2D eigenvalue weighted by molar-refractivity contribution is -0.111. The topological polar surface area (TPSA) is 111 Å². The van der Waals surface area contributed by atoms with E-state index in [1.165, 1.54) is 6.92 Å². The number of aliphatic hydroxyl groups excluding tert-OH is 1. The second-order valence-corrected chi connectivity index (χ2v) is 11.6. The van der Waals surface area contributed by atoms with Gasteiger partial charge < -0.3 is 25.2 Å². The van der Waals surface area contributed by atoms with Crippen molar-refractivity contribution in [2.45, 2.75) is 78.4 Å². The van der Waals surface area contributed by atoms with Crippen LogP contribution in [0.15, 0.2) is 23.9 Å². The Balaban J connectivity index is 1.72. The van der Waals surface area contributed by atoms with E-state index in [2.05, 4.69) is 4.90 Å². The van der Waals surface area contributed by atoms with Gasteiger partial charge in [0.25, 0.3) is 0 Å². The van der Waals surface area contributed by atoms with Gasteiger partial charge in [0.05, 0.1) is 28.5 Å². The van der Waals surface area contributed by atoms with E-state index in [1.54, 1.807) is 32.2 Å². The number of hydrogen-bond donors (Lipinski definition) is 2. The highest BCUT2D eigenvalue weighted by atomic mass is 35.5. The molecule has 39 heavy (non-hydrogen) atoms. The van der Waals surface area contributed by atoms with E-state index < -0.39 is 6.10 Å². The van der Waals surface area contributed by atoms with Crippen molar-refractivity contribution in [3.63, 3.8) is 0 Å². The number of anilines is 1. The van der Waals surface area contributed by atoms with Crippen molar-refractivity contribution in [2.24, 2.45) is 11.1 Å². The summed E-state index contributed by atoms with van der Waals surface area (Å²) in [6.45, 7) is 9.16. The van der Waals surface area contributed by atoms with Crippen molar-refractivity contribution in [1.82, 2.24) is 9.97 Å². The standard InChI is InChI=1S/C30H41ClN4O4/c1-6-7-21(37)15-39-23-8-9-25(31)24(14-23)28-33-27(26(19(3)32)20(4)36)18(2)29(34-28)35-16-30(17-35)12-10-22(38-5)11-13-30/h8-9,14,21-22,37H,6-7,10-13,15-17,32H2,1-5H3/t21-/m1/s1. The highest BCUT2D eigenvalue weighted by molar-refractivity contribution is 6.33. The molecule has 4 rings (SSSR count). The van der Waals surface area contributed by atoms with E-state index in [4.69, 9.17) is 36.8 Å². The molecule has 1 aliphatic heterocycles. The number of Topliss-reactive ketones (excluding diaryl/α,β-unsaturated/α-hetero) is 1. The van der Waals surface area contributed by atoms with Gasteiger partial charge in [-0.1, -0.05) is 24.9 Å². The highest BCUT2D eigenvalue weighted by Crippen LogP contribution is 2.47. The van der Waals surface area contributed by atoms with Gasteiger partial charge in [-0.15, -0.1) is 0 Å². The van der Waals surface area contributed by atoms with E-state index in [0.717, 1.165) is 56.6 Å². The van der Waals surface area contributed by atoms with Crippen LogP contribution in [0.4, 0.5) is 5.82 Å². The highest BCUT2D eigenvalue weighted by Gasteiger charge is 2.46. The average Bonchev–Trinajstić information content (AvgIpc) is 2.88. The zero-order valence-corrected chi connectivity index (χ0v) is 24.5. The minimum Gasteiger partial charge on any atom is -0.491 e. The van der Waals surface area contributed by atoms with Crippen LogP contribution in [-0.4, -0.2) is 59.9 Å². The number of halogens is 1. The van der Waals surface area contributed by atoms with E-state index >= 15 is 0 Å². The van der Waals surface area contributed by atoms with Crippen molar-refractivity contribution in [3.8, 4) is 17.1 Å². The maximum absolute atomic E-state index is 12.7. The van der Waals surface area contributed by atoms with Crippen molar-refractivity contribution in [3.05, 3.63) is 40.2 Å². The predicted molar refractivity (Wildman–Crippen MR) is 155 cm³/mol. The Bertz CT molecular complexity index is 1230. The lowest BCUT2D eigenvalue weighted by atomic mass is 9.68. The van der Waals surface area contributed by atoms with Gasteiger partial charge in [0.2, 0.25) is 0 Å². The van der Waals surface area contributed by atoms with E-state index in [-0.39, 0.29) is 17.8 Å². The molecule has 1 aliphatic carbocycles. The normalized spacial score (nSPS) is 18.5. The lowest BCUT2D eigenvalue weighted by Crippen LogP contribution is -2.58. The summed E-state index contributed by atoms with van der Waals surface area (Å²) in [4.78, 5) is 24.8. The Morgan fingerprint density at radius 2 is 1.95 bits per heavy atom. The number of nitrogens with two attached hydrogens (primary N) is 1. The third kappa shape index (κ3) is 6.39. The zero-order chi connectivity index (χ0) is 28.3. The van der Waals surface area contributed by atoms with Gasteiger partial charge in [-0.3, -0.25) is 4.79 Å². The second-order valence-electron chi connectivity index (χ2n) is 11.1. The van der Waals surface area contributed by atoms with E-state index in [9.17, 15) is 9.90 Å². The first kappa shape index (κ1) is 29.3. The molecule has 8 nitrogen and oxygen atoms in total. The monoisotopic (exact) mass is 556 g/mol. The van der Waals surface area contributed by atoms with E-state index in [1.807, 2.05) is 13.8 Å². The predicted octanol–water partition coefficient (Wildman–Crippen LogP) is 5.32. The minimum absolute atomic E-state index is 0.153. The van der Waals surface area contributed by atoms with Crippen molar-refractivity contribution in [2.75, 3.05) is 31.7 Å². The number of ether oxygens (including phenoxy) is 2. The summed E-state index contributed by atoms with van der Waals surface area (Å²) in [7, 11) is 1.79. The van der Waals surface area contributed by atoms with Crippen LogP contribution in [0.1, 0.15) is 70.6 Å². The molecule has 2 heterocycles. The molecule has 2 aromatic rings. The quantitative estimate of drug-likeness (QED) is 0.378. The fraction of sp³-hybridized carbons (Fsp3) is 0.567. The molecule has 0 bridgehead atoms. The molecule has 1 aromatic carbocycles. The largest absolute Gasteiger partial charge is 0.491 e. The summed E-state index contributed by atoms with van der Waals surface area (Å²) >= 11 is 6.65. The number of benzene rings is 1. The molecule has 1 aromatic heterocycles. The van der Waals surface area contributed by atoms with Crippen molar-refractivity contribution >= 4 is 28.8 Å². The van der Waals surface area contributed by atoms with Gasteiger partial charge in [-0.25, -0.2) is 9.97 Å². The van der Waals surface area contributed by atoms with Gasteiger partial charge in [-0.2, -0.15) is 0 Å². The van der Waals surface area contributed by atoms with Crippen molar-refractivity contribution in [1.29, 1.82) is 0 Å². The average molecular weight is 557 g/mol. The first-order chi connectivity index (χ1) is 18.6. The Hall–Kier alpha value is -2.68. The number of allylic oxidation sites excluding steroid dienone is 2. The van der Waals surface area contributed by atoms with Crippen LogP contribution in [0.2, 0.25) is 5.02 Å². The third-order valence-corrected chi connectivity index (χ3v) is 8.35. The van der Waals surface area contributed by atoms with Gasteiger partial charge in [0.15, 0.2) is 11.6 Å². The fourth-order valence-electron chi connectivity index (χ4n) is 5.85. The molecule has 0 unspecified atom stereocenters. The summed E-state index contributed by atoms with van der Waals surface area (Å²) in [5, 5.41) is 10.6. The molecule has 0 amide bonds. The van der Waals surface area contributed by atoms with Gasteiger partial charge >= 0.3 is 0 Å². The van der Waals surface area contributed by atoms with Gasteiger partial charge in [0, 0.05) is 42.4 Å². The Morgan fingerprint density at radius 1 is 1.26 bits per heavy atom. The molecule has 1 saturated carbocycles. The van der Waals surface area contributed by atoms with E-state index in [0.29, 0.717) is 51.6 Å². The molecule has 1 spiro atoms. The molecule has 1 atom stereocenters. The van der Waals surface area contributed by atoms with Crippen LogP contribution < -0.4 is 15.4 Å². The SMILES string of the molecule is CCC[C@@H](O)COc1ccc(Cl)c(-c2nc(C(C(C)=O)=C(C)N)c(C)c(N3CC4(CCC(OC)CC4)C3)n2)c1. The molecular weight excluding hydrogens is 516 g/mol. The van der Waals surface area contributed by atoms with Crippen LogP contribution in [0.3, 0.4) is 0 Å². The Labute approximate surface area is 236 Å². The summed E-state index contributed by atoms with van der Waals surface area (Å²) < 4.78 is 11.4. The minimum atomic E-state index is -0.545. The molecule has 0 radical (unpaired) electrons. The second kappa shape index (κ2) is 12.2. The number of ketones is 1. The summed E-state index contributed by atoms with van der Waals surface area (Å²) in [6, 6.07) is 5.29. The van der Waals surface area contributed by atoms with Crippen molar-refractivity contribution < 1.29 is 19.4 Å². The number of aliphatic hydroxyl groups is 1. The number of aromatic nitrogens is 2. The summed E-state index contributed by atoms with van der Waals surface area (Å²) in [6.07, 6.45) is 5.73. The summed E-state index contributed by atoms with van der Waals surface area (Å²) in [5.41, 5.74) is 9.18. The first-order valence-electron chi connectivity index (χ1n) is 13.8. The number of carbonyl (C=O) groups excluding carboxylic acids is 1. The number of nitrogens with zero attached hydrogens (tertiary/aromatic N) is 3. The molecular formula is C30H41ClN4O4. The fourth-order valence-corrected chi connectivity index (χ4v) is 6.05. The molecule has 9 heteroatoms. The van der Waals surface area contributed by atoms with Crippen LogP contribution >= 0.6 is 11.6 Å². The lowest BCUT2D eigenvalue weighted by Gasteiger charge is -2.54. The molecule has 2 aliphatic rings. The van der Waals surface area contributed by atoms with Crippen LogP contribution in [0.25, 0.3) is 17.0 Å². The van der Waals surface area contributed by atoms with Gasteiger partial charge in [0.1, 0.15) is 18.2 Å². The maximum atomic E-state index is 12.7. The van der Waals surface area contributed by atoms with Crippen LogP contribution in [-0.2, 0) is 9.53 Å². The maximum Gasteiger partial charge on any atom is 0.163 e. The Kier molecular flexibility index (Phi) is 9.19. The number of rotatable bonds is 10. The van der Waals surface area contributed by atoms with Crippen LogP contribution in [0, 0.1) is 12.3 Å². The van der Waals surface area contributed by atoms with Crippen LogP contribution in [0.5, 0.6) is 5.75 Å². The Morgan fingerprint density at radius 3 is 2.54 bits per heavy atom. The summed E-state index contributed by atoms with van der Waals surface area (Å²) in [5.74, 6) is 1.60. The molecule has 1 saturated heterocycles.